The normalized spacial score (nSPS) is 11.5. The molecule has 0 spiro atoms. The fourth-order valence-electron chi connectivity index (χ4n) is 3.44. The molecule has 37 heavy (non-hydrogen) atoms. The topological polar surface area (TPSA) is 142 Å². The third kappa shape index (κ3) is 4.81. The van der Waals surface area contributed by atoms with Crippen LogP contribution in [0.4, 0.5) is 13.9 Å². The van der Waals surface area contributed by atoms with Gasteiger partial charge in [0.05, 0.1) is 6.20 Å². The van der Waals surface area contributed by atoms with Crippen LogP contribution in [0.1, 0.15) is 10.5 Å². The van der Waals surface area contributed by atoms with Crippen LogP contribution in [0.2, 0.25) is 5.02 Å². The van der Waals surface area contributed by atoms with Gasteiger partial charge in [0, 0.05) is 46.0 Å². The zero-order chi connectivity index (χ0) is 26.3. The van der Waals surface area contributed by atoms with Crippen LogP contribution in [0.3, 0.4) is 0 Å². The maximum absolute atomic E-state index is 14.9. The Balaban J connectivity index is 1.53. The summed E-state index contributed by atoms with van der Waals surface area (Å²) in [4.78, 5) is 18.6. The second kappa shape index (κ2) is 9.38. The number of nitrogens with two attached hydrogens (primary N) is 1. The summed E-state index contributed by atoms with van der Waals surface area (Å²) in [5.74, 6) is -3.58. The Bertz CT molecular complexity index is 1780. The van der Waals surface area contributed by atoms with E-state index in [0.29, 0.717) is 33.9 Å². The Morgan fingerprint density at radius 3 is 2.62 bits per heavy atom. The smallest absolute Gasteiger partial charge is 0.267 e. The molecule has 10 nitrogen and oxygen atoms in total. The maximum atomic E-state index is 14.9. The van der Waals surface area contributed by atoms with Crippen LogP contribution in [0.5, 0.6) is 11.5 Å². The molecule has 0 radical (unpaired) electrons. The van der Waals surface area contributed by atoms with Gasteiger partial charge in [0.1, 0.15) is 34.1 Å². The number of halogens is 3. The summed E-state index contributed by atoms with van der Waals surface area (Å²) in [7, 11) is -4.49. The number of anilines is 1. The molecule has 0 aliphatic heterocycles. The van der Waals surface area contributed by atoms with Gasteiger partial charge in [0.25, 0.3) is 15.9 Å². The summed E-state index contributed by atoms with van der Waals surface area (Å²) in [6, 6.07) is 8.84. The van der Waals surface area contributed by atoms with Crippen molar-refractivity contribution in [2.24, 2.45) is 5.73 Å². The first-order valence-electron chi connectivity index (χ1n) is 10.2. The average molecular weight is 563 g/mol. The van der Waals surface area contributed by atoms with Crippen molar-refractivity contribution in [1.82, 2.24) is 18.7 Å². The van der Waals surface area contributed by atoms with Crippen molar-refractivity contribution in [2.75, 3.05) is 4.72 Å². The largest absolute Gasteiger partial charge is 0.454 e. The lowest BCUT2D eigenvalue weighted by Gasteiger charge is -2.14. The molecule has 0 fully saturated rings. The number of carbonyl (C=O) groups is 1. The number of amides is 1. The molecule has 0 aliphatic rings. The van der Waals surface area contributed by atoms with Gasteiger partial charge in [0.2, 0.25) is 5.13 Å². The number of fused-ring (bicyclic) bond motifs is 1. The molecule has 3 heterocycles. The van der Waals surface area contributed by atoms with Crippen molar-refractivity contribution in [3.05, 3.63) is 83.5 Å². The standard InChI is InChI=1S/C22H13ClF2N6O4S2/c23-12-2-3-17(13(5-12)11-1-4-20-27-8-16(21(26)32)31(20)9-11)35-18-6-15(25)19(7-14(18)24)37(33,34)30-22-28-10-29-36-22/h1-10H,(H2,26,32)(H,28,29,30). The minimum Gasteiger partial charge on any atom is -0.454 e. The van der Waals surface area contributed by atoms with Crippen molar-refractivity contribution in [1.29, 1.82) is 0 Å². The molecule has 1 amide bonds. The summed E-state index contributed by atoms with van der Waals surface area (Å²) >= 11 is 6.90. The first kappa shape index (κ1) is 24.5. The third-order valence-electron chi connectivity index (χ3n) is 5.09. The molecule has 0 aliphatic carbocycles. The highest BCUT2D eigenvalue weighted by Gasteiger charge is 2.24. The number of nitrogens with zero attached hydrogens (tertiary/aromatic N) is 4. The van der Waals surface area contributed by atoms with E-state index < -0.39 is 38.2 Å². The quantitative estimate of drug-likeness (QED) is 0.298. The van der Waals surface area contributed by atoms with Crippen LogP contribution in [-0.4, -0.2) is 33.1 Å². The number of aromatic nitrogens is 4. The lowest BCUT2D eigenvalue weighted by atomic mass is 10.1. The van der Waals surface area contributed by atoms with Gasteiger partial charge < -0.3 is 10.5 Å². The van der Waals surface area contributed by atoms with Gasteiger partial charge in [-0.15, -0.1) is 0 Å². The van der Waals surface area contributed by atoms with Crippen LogP contribution >= 0.6 is 23.1 Å². The first-order chi connectivity index (χ1) is 17.6. The number of rotatable bonds is 7. The van der Waals surface area contributed by atoms with Crippen LogP contribution < -0.4 is 15.2 Å². The number of carbonyl (C=O) groups excluding carboxylic acids is 1. The van der Waals surface area contributed by atoms with Crippen molar-refractivity contribution in [2.45, 2.75) is 4.90 Å². The molecule has 0 atom stereocenters. The first-order valence-corrected chi connectivity index (χ1v) is 12.8. The molecular formula is C22H13ClF2N6O4S2. The van der Waals surface area contributed by atoms with E-state index in [9.17, 15) is 22.0 Å². The van der Waals surface area contributed by atoms with Crippen LogP contribution in [0.25, 0.3) is 16.8 Å². The summed E-state index contributed by atoms with van der Waals surface area (Å²) in [5, 5.41) is 0.208. The van der Waals surface area contributed by atoms with E-state index in [1.807, 2.05) is 4.72 Å². The van der Waals surface area contributed by atoms with Gasteiger partial charge in [0.15, 0.2) is 11.6 Å². The van der Waals surface area contributed by atoms with Crippen molar-refractivity contribution >= 4 is 49.8 Å². The second-order valence-electron chi connectivity index (χ2n) is 7.46. The van der Waals surface area contributed by atoms with E-state index >= 15 is 0 Å². The second-order valence-corrected chi connectivity index (χ2v) is 10.3. The number of benzene rings is 2. The number of ether oxygens (including phenoxy) is 1. The van der Waals surface area contributed by atoms with Gasteiger partial charge in [-0.2, -0.15) is 4.37 Å². The highest BCUT2D eigenvalue weighted by atomic mass is 35.5. The molecular weight excluding hydrogens is 550 g/mol. The number of hydrogen-bond acceptors (Lipinski definition) is 8. The Kier molecular flexibility index (Phi) is 6.23. The summed E-state index contributed by atoms with van der Waals surface area (Å²) in [5.41, 5.74) is 6.85. The van der Waals surface area contributed by atoms with E-state index in [0.717, 1.165) is 17.9 Å². The zero-order valence-electron chi connectivity index (χ0n) is 18.2. The molecule has 0 unspecified atom stereocenters. The van der Waals surface area contributed by atoms with Crippen molar-refractivity contribution in [3.63, 3.8) is 0 Å². The predicted octanol–water partition coefficient (Wildman–Crippen LogP) is 4.48. The number of nitrogens with one attached hydrogen (secondary N) is 1. The van der Waals surface area contributed by atoms with Crippen LogP contribution in [0, 0.1) is 11.6 Å². The van der Waals surface area contributed by atoms with Crippen LogP contribution in [0.15, 0.2) is 66.1 Å². The van der Waals surface area contributed by atoms with Gasteiger partial charge in [-0.05, 0) is 30.3 Å². The molecule has 3 N–H and O–H groups in total. The number of sulfonamides is 1. The third-order valence-corrected chi connectivity index (χ3v) is 7.39. The molecule has 0 saturated carbocycles. The van der Waals surface area contributed by atoms with Crippen molar-refractivity contribution < 1.29 is 26.7 Å². The summed E-state index contributed by atoms with van der Waals surface area (Å²) in [6.45, 7) is 0. The van der Waals surface area contributed by atoms with E-state index in [1.165, 1.54) is 28.8 Å². The fourth-order valence-corrected chi connectivity index (χ4v) is 5.35. The van der Waals surface area contributed by atoms with Gasteiger partial charge in [-0.3, -0.25) is 13.9 Å². The number of primary amides is 1. The van der Waals surface area contributed by atoms with Gasteiger partial charge >= 0.3 is 0 Å². The SMILES string of the molecule is NC(=O)c1cnc2ccc(-c3cc(Cl)ccc3Oc3cc(F)c(S(=O)(=O)Nc4ncns4)cc3F)cn12. The molecule has 0 bridgehead atoms. The molecule has 15 heteroatoms. The van der Waals surface area contributed by atoms with Crippen molar-refractivity contribution in [3.8, 4) is 22.6 Å². The Labute approximate surface area is 216 Å². The minimum absolute atomic E-state index is 0.0744. The predicted molar refractivity (Wildman–Crippen MR) is 131 cm³/mol. The summed E-state index contributed by atoms with van der Waals surface area (Å²) in [6.07, 6.45) is 4.00. The molecule has 0 saturated heterocycles. The molecule has 2 aromatic carbocycles. The average Bonchev–Trinajstić information content (AvgIpc) is 3.51. The number of imidazole rings is 1. The van der Waals surface area contributed by atoms with E-state index in [2.05, 4.69) is 14.3 Å². The highest BCUT2D eigenvalue weighted by molar-refractivity contribution is 7.93. The number of hydrogen-bond donors (Lipinski definition) is 2. The van der Waals surface area contributed by atoms with E-state index in [4.69, 9.17) is 22.1 Å². The fraction of sp³-hybridized carbons (Fsp3) is 0. The molecule has 5 rings (SSSR count). The van der Waals surface area contributed by atoms with Gasteiger partial charge in [-0.25, -0.2) is 27.2 Å². The minimum atomic E-state index is -4.49. The van der Waals surface area contributed by atoms with E-state index in [-0.39, 0.29) is 16.6 Å². The Morgan fingerprint density at radius 2 is 1.89 bits per heavy atom. The lowest BCUT2D eigenvalue weighted by molar-refractivity contribution is 0.0994. The van der Waals surface area contributed by atoms with E-state index in [1.54, 1.807) is 18.3 Å². The Morgan fingerprint density at radius 1 is 1.08 bits per heavy atom. The summed E-state index contributed by atoms with van der Waals surface area (Å²) < 4.78 is 67.6. The zero-order valence-corrected chi connectivity index (χ0v) is 20.6. The lowest BCUT2D eigenvalue weighted by Crippen LogP contribution is -2.15. The monoisotopic (exact) mass is 562 g/mol. The molecule has 3 aromatic heterocycles. The Hall–Kier alpha value is -4.14. The number of pyridine rings is 1. The molecule has 188 valence electrons. The molecule has 5 aromatic rings. The van der Waals surface area contributed by atoms with Gasteiger partial charge in [-0.1, -0.05) is 11.6 Å². The van der Waals surface area contributed by atoms with Crippen LogP contribution in [-0.2, 0) is 10.0 Å². The highest BCUT2D eigenvalue weighted by Crippen LogP contribution is 2.37. The maximum Gasteiger partial charge on any atom is 0.267 e.